The minimum absolute atomic E-state index is 0.0418. The number of amides is 1. The van der Waals surface area contributed by atoms with Crippen LogP contribution in [0.15, 0.2) is 97.1 Å². The van der Waals surface area contributed by atoms with Crippen molar-refractivity contribution in [3.05, 3.63) is 125 Å². The molecule has 0 saturated carbocycles. The van der Waals surface area contributed by atoms with Gasteiger partial charge in [-0.2, -0.15) is 0 Å². The molecule has 6 nitrogen and oxygen atoms in total. The summed E-state index contributed by atoms with van der Waals surface area (Å²) in [4.78, 5) is 18.8. The maximum Gasteiger partial charge on any atom is 0.254 e. The van der Waals surface area contributed by atoms with Crippen LogP contribution in [0.2, 0.25) is 0 Å². The predicted molar refractivity (Wildman–Crippen MR) is 159 cm³/mol. The highest BCUT2D eigenvalue weighted by molar-refractivity contribution is 5.94. The molecule has 2 heterocycles. The molecular weight excluding hydrogens is 512 g/mol. The lowest BCUT2D eigenvalue weighted by atomic mass is 9.89. The summed E-state index contributed by atoms with van der Waals surface area (Å²) >= 11 is 0. The molecule has 1 amide bonds. The van der Waals surface area contributed by atoms with Crippen LogP contribution in [-0.4, -0.2) is 42.2 Å². The van der Waals surface area contributed by atoms with Crippen LogP contribution in [-0.2, 0) is 13.1 Å². The monoisotopic (exact) mass is 548 g/mol. The molecule has 0 radical (unpaired) electrons. The first-order chi connectivity index (χ1) is 20.1. The summed E-state index contributed by atoms with van der Waals surface area (Å²) in [6.45, 7) is 4.62. The average Bonchev–Trinajstić information content (AvgIpc) is 3.49. The Hall–Kier alpha value is -4.29. The van der Waals surface area contributed by atoms with Crippen molar-refractivity contribution in [2.75, 3.05) is 20.4 Å². The van der Waals surface area contributed by atoms with Crippen molar-refractivity contribution in [2.24, 2.45) is 0 Å². The number of ether oxygens (including phenoxy) is 3. The molecule has 4 aromatic rings. The Kier molecular flexibility index (Phi) is 7.92. The van der Waals surface area contributed by atoms with Gasteiger partial charge in [-0.15, -0.1) is 0 Å². The quantitative estimate of drug-likeness (QED) is 0.243. The fourth-order valence-corrected chi connectivity index (χ4v) is 6.03. The van der Waals surface area contributed by atoms with Gasteiger partial charge in [0, 0.05) is 37.3 Å². The highest BCUT2D eigenvalue weighted by Gasteiger charge is 2.35. The molecule has 1 saturated heterocycles. The van der Waals surface area contributed by atoms with Crippen molar-refractivity contribution in [3.63, 3.8) is 0 Å². The van der Waals surface area contributed by atoms with Crippen LogP contribution in [0.4, 0.5) is 0 Å². The zero-order valence-electron chi connectivity index (χ0n) is 23.7. The number of rotatable bonds is 8. The Bertz CT molecular complexity index is 1490. The lowest BCUT2D eigenvalue weighted by molar-refractivity contribution is 0.0400. The van der Waals surface area contributed by atoms with Crippen molar-refractivity contribution >= 4 is 5.91 Å². The minimum Gasteiger partial charge on any atom is -0.497 e. The third-order valence-electron chi connectivity index (χ3n) is 8.17. The van der Waals surface area contributed by atoms with Gasteiger partial charge in [0.05, 0.1) is 7.11 Å². The molecule has 6 heteroatoms. The summed E-state index contributed by atoms with van der Waals surface area (Å²) < 4.78 is 16.7. The van der Waals surface area contributed by atoms with E-state index < -0.39 is 0 Å². The van der Waals surface area contributed by atoms with Crippen LogP contribution in [0, 0.1) is 6.92 Å². The van der Waals surface area contributed by atoms with Gasteiger partial charge in [0.25, 0.3) is 5.91 Å². The van der Waals surface area contributed by atoms with Gasteiger partial charge in [0.15, 0.2) is 11.5 Å². The van der Waals surface area contributed by atoms with Crippen molar-refractivity contribution in [3.8, 4) is 17.2 Å². The third-order valence-corrected chi connectivity index (χ3v) is 8.17. The first-order valence-corrected chi connectivity index (χ1v) is 14.3. The molecule has 0 N–H and O–H groups in total. The average molecular weight is 549 g/mol. The van der Waals surface area contributed by atoms with Gasteiger partial charge < -0.3 is 19.1 Å². The summed E-state index contributed by atoms with van der Waals surface area (Å²) in [6, 6.07) is 32.9. The molecule has 0 aromatic heterocycles. The molecule has 2 aliphatic heterocycles. The summed E-state index contributed by atoms with van der Waals surface area (Å²) in [5, 5.41) is 0. The van der Waals surface area contributed by atoms with Crippen LogP contribution in [0.3, 0.4) is 0 Å². The molecule has 0 bridgehead atoms. The van der Waals surface area contributed by atoms with Gasteiger partial charge in [0.1, 0.15) is 5.75 Å². The molecule has 41 heavy (non-hydrogen) atoms. The van der Waals surface area contributed by atoms with E-state index in [1.807, 2.05) is 30.3 Å². The van der Waals surface area contributed by atoms with E-state index in [-0.39, 0.29) is 24.8 Å². The molecule has 1 fully saturated rings. The minimum atomic E-state index is 0.0418. The summed E-state index contributed by atoms with van der Waals surface area (Å²) in [7, 11) is 1.64. The maximum absolute atomic E-state index is 14.1. The molecule has 2 aliphatic rings. The molecular formula is C35H36N2O4. The predicted octanol–water partition coefficient (Wildman–Crippen LogP) is 6.78. The highest BCUT2D eigenvalue weighted by atomic mass is 16.7. The summed E-state index contributed by atoms with van der Waals surface area (Å²) in [5.41, 5.74) is 5.46. The van der Waals surface area contributed by atoms with E-state index in [4.69, 9.17) is 14.2 Å². The third kappa shape index (κ3) is 6.08. The van der Waals surface area contributed by atoms with E-state index >= 15 is 0 Å². The van der Waals surface area contributed by atoms with E-state index in [0.29, 0.717) is 12.1 Å². The number of nitrogens with zero attached hydrogens (tertiary/aromatic N) is 2. The van der Waals surface area contributed by atoms with E-state index in [1.165, 1.54) is 16.7 Å². The first-order valence-electron chi connectivity index (χ1n) is 14.3. The second kappa shape index (κ2) is 12.1. The Labute approximate surface area is 242 Å². The number of carbonyl (C=O) groups is 1. The number of aryl methyl sites for hydroxylation is 1. The van der Waals surface area contributed by atoms with Crippen molar-refractivity contribution in [2.45, 2.75) is 44.9 Å². The van der Waals surface area contributed by atoms with Gasteiger partial charge in [-0.1, -0.05) is 66.2 Å². The van der Waals surface area contributed by atoms with E-state index in [1.54, 1.807) is 7.11 Å². The normalized spacial score (nSPS) is 18.2. The van der Waals surface area contributed by atoms with Gasteiger partial charge in [-0.3, -0.25) is 9.69 Å². The number of piperidine rings is 1. The Morgan fingerprint density at radius 2 is 1.68 bits per heavy atom. The molecule has 6 rings (SSSR count). The number of carbonyl (C=O) groups excluding carboxylic acids is 1. The molecule has 0 spiro atoms. The number of hydrogen-bond donors (Lipinski definition) is 0. The number of methoxy groups -OCH3 is 1. The fraction of sp³-hybridized carbons (Fsp3) is 0.286. The lowest BCUT2D eigenvalue weighted by Crippen LogP contribution is -2.48. The molecule has 0 aliphatic carbocycles. The van der Waals surface area contributed by atoms with Gasteiger partial charge in [0.2, 0.25) is 6.79 Å². The summed E-state index contributed by atoms with van der Waals surface area (Å²) in [6.07, 6.45) is 1.71. The Morgan fingerprint density at radius 1 is 0.902 bits per heavy atom. The molecule has 210 valence electrons. The fourth-order valence-electron chi connectivity index (χ4n) is 6.03. The molecule has 2 unspecified atom stereocenters. The van der Waals surface area contributed by atoms with Crippen LogP contribution < -0.4 is 14.2 Å². The van der Waals surface area contributed by atoms with Crippen LogP contribution in [0.1, 0.15) is 51.5 Å². The largest absolute Gasteiger partial charge is 0.497 e. The van der Waals surface area contributed by atoms with Gasteiger partial charge >= 0.3 is 0 Å². The van der Waals surface area contributed by atoms with Crippen molar-refractivity contribution < 1.29 is 19.0 Å². The summed E-state index contributed by atoms with van der Waals surface area (Å²) in [5.74, 6) is 2.35. The number of hydrogen-bond acceptors (Lipinski definition) is 5. The Morgan fingerprint density at radius 3 is 2.46 bits per heavy atom. The van der Waals surface area contributed by atoms with E-state index in [9.17, 15) is 4.79 Å². The molecule has 2 atom stereocenters. The van der Waals surface area contributed by atoms with Crippen LogP contribution in [0.5, 0.6) is 17.2 Å². The number of benzene rings is 4. The van der Waals surface area contributed by atoms with Crippen LogP contribution >= 0.6 is 0 Å². The zero-order valence-corrected chi connectivity index (χ0v) is 23.7. The number of fused-ring (bicyclic) bond motifs is 1. The lowest BCUT2D eigenvalue weighted by Gasteiger charge is -2.44. The standard InChI is InChI=1S/C35H36N2O4/c1-25-7-6-10-27(19-25)23-37(35(38)28-11-14-31(39-2)15-12-28)30-17-18-36(22-26-8-4-3-5-9-26)32(21-30)29-13-16-33-34(20-29)41-24-40-33/h3-16,19-20,30,32H,17-18,21-24H2,1-2H3. The van der Waals surface area contributed by atoms with E-state index in [0.717, 1.165) is 48.7 Å². The number of likely N-dealkylation sites (tertiary alicyclic amines) is 1. The SMILES string of the molecule is COc1ccc(C(=O)N(Cc2cccc(C)c2)C2CCN(Cc3ccccc3)C(c3ccc4c(c3)OCO4)C2)cc1. The first kappa shape index (κ1) is 26.9. The zero-order chi connectivity index (χ0) is 28.2. The van der Waals surface area contributed by atoms with Gasteiger partial charge in [-0.25, -0.2) is 0 Å². The van der Waals surface area contributed by atoms with Gasteiger partial charge in [-0.05, 0) is 72.9 Å². The van der Waals surface area contributed by atoms with Crippen LogP contribution in [0.25, 0.3) is 0 Å². The highest BCUT2D eigenvalue weighted by Crippen LogP contribution is 2.40. The Balaban J connectivity index is 1.33. The topological polar surface area (TPSA) is 51.2 Å². The molecule has 4 aromatic carbocycles. The second-order valence-corrected chi connectivity index (χ2v) is 10.9. The second-order valence-electron chi connectivity index (χ2n) is 10.9. The van der Waals surface area contributed by atoms with Crippen molar-refractivity contribution in [1.29, 1.82) is 0 Å². The smallest absolute Gasteiger partial charge is 0.254 e. The van der Waals surface area contributed by atoms with E-state index in [2.05, 4.69) is 83.5 Å². The maximum atomic E-state index is 14.1. The van der Waals surface area contributed by atoms with Crippen molar-refractivity contribution in [1.82, 2.24) is 9.80 Å².